The number of nitrogens with one attached hydrogen (secondary N) is 1. The van der Waals surface area contributed by atoms with Gasteiger partial charge in [-0.05, 0) is 48.9 Å². The topological polar surface area (TPSA) is 56.1 Å². The average Bonchev–Trinajstić information content (AvgIpc) is 2.98. The first-order chi connectivity index (χ1) is 12.0. The number of aryl methyl sites for hydroxylation is 2. The molecule has 0 saturated heterocycles. The summed E-state index contributed by atoms with van der Waals surface area (Å²) in [6.45, 7) is 7.65. The first-order valence-electron chi connectivity index (χ1n) is 9.02. The molecular formula is C20H29N3O2. The molecule has 0 aliphatic carbocycles. The summed E-state index contributed by atoms with van der Waals surface area (Å²) in [5.41, 5.74) is 2.52. The molecule has 1 heterocycles. The van der Waals surface area contributed by atoms with Gasteiger partial charge < -0.3 is 10.1 Å². The molecule has 2 aromatic rings. The van der Waals surface area contributed by atoms with Gasteiger partial charge >= 0.3 is 0 Å². The fourth-order valence-corrected chi connectivity index (χ4v) is 2.61. The highest BCUT2D eigenvalue weighted by molar-refractivity contribution is 5.92. The Kier molecular flexibility index (Phi) is 7.04. The highest BCUT2D eigenvalue weighted by atomic mass is 16.5. The van der Waals surface area contributed by atoms with Crippen molar-refractivity contribution >= 4 is 5.91 Å². The Labute approximate surface area is 150 Å². The van der Waals surface area contributed by atoms with Gasteiger partial charge in [-0.25, -0.2) is 0 Å². The molecule has 136 valence electrons. The van der Waals surface area contributed by atoms with Gasteiger partial charge in [0.15, 0.2) is 0 Å². The molecule has 0 aliphatic rings. The molecule has 0 atom stereocenters. The summed E-state index contributed by atoms with van der Waals surface area (Å²) in [6, 6.07) is 9.72. The van der Waals surface area contributed by atoms with Crippen LogP contribution in [0.1, 0.15) is 55.4 Å². The van der Waals surface area contributed by atoms with Crippen molar-refractivity contribution in [2.45, 2.75) is 46.6 Å². The van der Waals surface area contributed by atoms with Crippen LogP contribution in [0.25, 0.3) is 0 Å². The van der Waals surface area contributed by atoms with E-state index in [1.807, 2.05) is 37.3 Å². The molecular weight excluding hydrogens is 314 g/mol. The van der Waals surface area contributed by atoms with E-state index in [1.165, 1.54) is 6.42 Å². The summed E-state index contributed by atoms with van der Waals surface area (Å²) in [5, 5.41) is 7.26. The molecule has 1 N–H and O–H groups in total. The number of hydrogen-bond acceptors (Lipinski definition) is 3. The summed E-state index contributed by atoms with van der Waals surface area (Å²) < 4.78 is 7.43. The summed E-state index contributed by atoms with van der Waals surface area (Å²) >= 11 is 0. The molecule has 0 saturated carbocycles. The third kappa shape index (κ3) is 5.93. The lowest BCUT2D eigenvalue weighted by Gasteiger charge is -2.10. The van der Waals surface area contributed by atoms with Crippen molar-refractivity contribution in [3.63, 3.8) is 0 Å². The molecule has 2 rings (SSSR count). The lowest BCUT2D eigenvalue weighted by molar-refractivity contribution is 0.0941. The van der Waals surface area contributed by atoms with Crippen LogP contribution in [-0.4, -0.2) is 22.3 Å². The van der Waals surface area contributed by atoms with E-state index < -0.39 is 0 Å². The molecule has 1 aromatic heterocycles. The van der Waals surface area contributed by atoms with Gasteiger partial charge in [0.25, 0.3) is 5.91 Å². The van der Waals surface area contributed by atoms with Gasteiger partial charge in [-0.1, -0.05) is 32.9 Å². The molecule has 0 spiro atoms. The summed E-state index contributed by atoms with van der Waals surface area (Å²) in [7, 11) is 1.79. The molecule has 1 amide bonds. The Morgan fingerprint density at radius 2 is 2.12 bits per heavy atom. The van der Waals surface area contributed by atoms with Crippen molar-refractivity contribution in [1.82, 2.24) is 15.1 Å². The zero-order chi connectivity index (χ0) is 18.2. The zero-order valence-electron chi connectivity index (χ0n) is 15.7. The quantitative estimate of drug-likeness (QED) is 0.706. The number of benzene rings is 1. The van der Waals surface area contributed by atoms with Crippen LogP contribution in [0.15, 0.2) is 30.3 Å². The van der Waals surface area contributed by atoms with Gasteiger partial charge in [0.05, 0.1) is 12.3 Å². The van der Waals surface area contributed by atoms with Gasteiger partial charge in [0, 0.05) is 13.6 Å². The van der Waals surface area contributed by atoms with Gasteiger partial charge in [0.1, 0.15) is 11.4 Å². The van der Waals surface area contributed by atoms with Gasteiger partial charge in [-0.15, -0.1) is 0 Å². The third-order valence-corrected chi connectivity index (χ3v) is 4.07. The molecule has 25 heavy (non-hydrogen) atoms. The van der Waals surface area contributed by atoms with Gasteiger partial charge in [-0.2, -0.15) is 5.10 Å². The van der Waals surface area contributed by atoms with E-state index in [0.29, 0.717) is 18.2 Å². The minimum Gasteiger partial charge on any atom is -0.494 e. The van der Waals surface area contributed by atoms with Crippen molar-refractivity contribution in [1.29, 1.82) is 0 Å². The monoisotopic (exact) mass is 343 g/mol. The highest BCUT2D eigenvalue weighted by Gasteiger charge is 2.12. The number of nitrogens with zero attached hydrogens (tertiary/aromatic N) is 2. The molecule has 1 aromatic carbocycles. The van der Waals surface area contributed by atoms with Crippen LogP contribution in [0, 0.1) is 5.92 Å². The van der Waals surface area contributed by atoms with Crippen molar-refractivity contribution in [2.75, 3.05) is 6.61 Å². The highest BCUT2D eigenvalue weighted by Crippen LogP contribution is 2.15. The van der Waals surface area contributed by atoms with Gasteiger partial charge in [-0.3, -0.25) is 9.48 Å². The Morgan fingerprint density at radius 3 is 2.80 bits per heavy atom. The van der Waals surface area contributed by atoms with E-state index in [0.717, 1.165) is 36.5 Å². The normalized spacial score (nSPS) is 10.9. The second-order valence-corrected chi connectivity index (χ2v) is 6.71. The Morgan fingerprint density at radius 1 is 1.32 bits per heavy atom. The number of aromatic nitrogens is 2. The SMILES string of the molecule is CCc1cc(C(=O)NCc2cccc(OCCCC(C)C)c2)n(C)n1. The fourth-order valence-electron chi connectivity index (χ4n) is 2.61. The lowest BCUT2D eigenvalue weighted by atomic mass is 10.1. The lowest BCUT2D eigenvalue weighted by Crippen LogP contribution is -2.25. The van der Waals surface area contributed by atoms with E-state index >= 15 is 0 Å². The molecule has 0 unspecified atom stereocenters. The summed E-state index contributed by atoms with van der Waals surface area (Å²) in [6.07, 6.45) is 3.04. The number of carbonyl (C=O) groups is 1. The number of carbonyl (C=O) groups excluding carboxylic acids is 1. The predicted molar refractivity (Wildman–Crippen MR) is 99.8 cm³/mol. The molecule has 5 heteroatoms. The average molecular weight is 343 g/mol. The van der Waals surface area contributed by atoms with E-state index in [-0.39, 0.29) is 5.91 Å². The molecule has 0 fully saturated rings. The van der Waals surface area contributed by atoms with E-state index in [2.05, 4.69) is 24.3 Å². The molecule has 0 radical (unpaired) electrons. The Hall–Kier alpha value is -2.30. The van der Waals surface area contributed by atoms with Crippen LogP contribution in [0.3, 0.4) is 0 Å². The predicted octanol–water partition coefficient (Wildman–Crippen LogP) is 3.73. The van der Waals surface area contributed by atoms with Crippen LogP contribution in [0.4, 0.5) is 0 Å². The standard InChI is InChI=1S/C20H29N3O2/c1-5-17-13-19(23(4)22-17)20(24)21-14-16-9-6-10-18(12-16)25-11-7-8-15(2)3/h6,9-10,12-13,15H,5,7-8,11,14H2,1-4H3,(H,21,24). The van der Waals surface area contributed by atoms with Crippen LogP contribution in [0.2, 0.25) is 0 Å². The Bertz CT molecular complexity index is 692. The second kappa shape index (κ2) is 9.25. The zero-order valence-corrected chi connectivity index (χ0v) is 15.7. The van der Waals surface area contributed by atoms with Crippen LogP contribution in [-0.2, 0) is 20.0 Å². The van der Waals surface area contributed by atoms with E-state index in [9.17, 15) is 4.79 Å². The molecule has 5 nitrogen and oxygen atoms in total. The first-order valence-corrected chi connectivity index (χ1v) is 9.02. The third-order valence-electron chi connectivity index (χ3n) is 4.07. The smallest absolute Gasteiger partial charge is 0.269 e. The maximum Gasteiger partial charge on any atom is 0.269 e. The van der Waals surface area contributed by atoms with Crippen molar-refractivity contribution in [2.24, 2.45) is 13.0 Å². The van der Waals surface area contributed by atoms with Crippen LogP contribution >= 0.6 is 0 Å². The second-order valence-electron chi connectivity index (χ2n) is 6.71. The van der Waals surface area contributed by atoms with Crippen molar-refractivity contribution in [3.05, 3.63) is 47.3 Å². The Balaban J connectivity index is 1.86. The minimum atomic E-state index is -0.113. The van der Waals surface area contributed by atoms with E-state index in [1.54, 1.807) is 11.7 Å². The number of ether oxygens (including phenoxy) is 1. The van der Waals surface area contributed by atoms with Crippen LogP contribution < -0.4 is 10.1 Å². The van der Waals surface area contributed by atoms with Gasteiger partial charge in [0.2, 0.25) is 0 Å². The molecule has 0 aliphatic heterocycles. The van der Waals surface area contributed by atoms with Crippen molar-refractivity contribution < 1.29 is 9.53 Å². The fraction of sp³-hybridized carbons (Fsp3) is 0.500. The van der Waals surface area contributed by atoms with Crippen LogP contribution in [0.5, 0.6) is 5.75 Å². The summed E-state index contributed by atoms with van der Waals surface area (Å²) in [4.78, 5) is 12.3. The van der Waals surface area contributed by atoms with Crippen molar-refractivity contribution in [3.8, 4) is 5.75 Å². The maximum atomic E-state index is 12.3. The summed E-state index contributed by atoms with van der Waals surface area (Å²) in [5.74, 6) is 1.44. The number of amides is 1. The minimum absolute atomic E-state index is 0.113. The molecule has 0 bridgehead atoms. The largest absolute Gasteiger partial charge is 0.494 e. The number of hydrogen-bond donors (Lipinski definition) is 1. The maximum absolute atomic E-state index is 12.3. The number of rotatable bonds is 9. The van der Waals surface area contributed by atoms with E-state index in [4.69, 9.17) is 4.74 Å². The first kappa shape index (κ1) is 19.0.